The molecule has 0 aromatic heterocycles. The molecule has 1 heterocycles. The molecule has 0 spiro atoms. The molecule has 1 saturated heterocycles. The molecular weight excluding hydrogens is 288 g/mol. The average Bonchev–Trinajstić information content (AvgIpc) is 2.48. The Morgan fingerprint density at radius 1 is 1.19 bits per heavy atom. The van der Waals surface area contributed by atoms with Gasteiger partial charge in [0.1, 0.15) is 0 Å². The lowest BCUT2D eigenvalue weighted by molar-refractivity contribution is 0.0442. The van der Waals surface area contributed by atoms with Crippen LogP contribution in [0.3, 0.4) is 0 Å². The summed E-state index contributed by atoms with van der Waals surface area (Å²) < 4.78 is 26.7. The van der Waals surface area contributed by atoms with E-state index in [9.17, 15) is 13.5 Å². The number of benzene rings is 1. The maximum atomic E-state index is 12.6. The SMILES string of the molecule is CN(C)CC1(CO)CCN(S(=O)(=O)c2ccccc2)CC1. The van der Waals surface area contributed by atoms with Crippen LogP contribution in [0.1, 0.15) is 12.8 Å². The van der Waals surface area contributed by atoms with Gasteiger partial charge in [0, 0.05) is 25.0 Å². The highest BCUT2D eigenvalue weighted by Crippen LogP contribution is 2.33. The van der Waals surface area contributed by atoms with Crippen LogP contribution in [0, 0.1) is 5.41 Å². The molecule has 21 heavy (non-hydrogen) atoms. The van der Waals surface area contributed by atoms with Gasteiger partial charge in [0.25, 0.3) is 0 Å². The molecule has 0 saturated carbocycles. The average molecular weight is 312 g/mol. The van der Waals surface area contributed by atoms with E-state index in [0.717, 1.165) is 6.54 Å². The summed E-state index contributed by atoms with van der Waals surface area (Å²) in [4.78, 5) is 2.39. The quantitative estimate of drug-likeness (QED) is 0.881. The fourth-order valence-corrected chi connectivity index (χ4v) is 4.44. The molecule has 1 aliphatic rings. The molecule has 1 aromatic rings. The van der Waals surface area contributed by atoms with Gasteiger partial charge in [-0.3, -0.25) is 0 Å². The van der Waals surface area contributed by atoms with Crippen LogP contribution in [-0.2, 0) is 10.0 Å². The molecule has 2 rings (SSSR count). The molecule has 1 aliphatic heterocycles. The van der Waals surface area contributed by atoms with Crippen LogP contribution >= 0.6 is 0 Å². The minimum Gasteiger partial charge on any atom is -0.396 e. The molecule has 1 aromatic carbocycles. The van der Waals surface area contributed by atoms with Crippen LogP contribution in [-0.4, -0.2) is 63.1 Å². The van der Waals surface area contributed by atoms with Crippen LogP contribution in [0.5, 0.6) is 0 Å². The predicted molar refractivity (Wildman–Crippen MR) is 82.5 cm³/mol. The fourth-order valence-electron chi connectivity index (χ4n) is 2.98. The topological polar surface area (TPSA) is 60.9 Å². The molecule has 6 heteroatoms. The number of rotatable bonds is 5. The molecule has 0 amide bonds. The molecule has 1 N–H and O–H groups in total. The monoisotopic (exact) mass is 312 g/mol. The van der Waals surface area contributed by atoms with Crippen LogP contribution in [0.4, 0.5) is 0 Å². The molecule has 5 nitrogen and oxygen atoms in total. The van der Waals surface area contributed by atoms with Crippen LogP contribution in [0.25, 0.3) is 0 Å². The van der Waals surface area contributed by atoms with Crippen LogP contribution in [0.2, 0.25) is 0 Å². The van der Waals surface area contributed by atoms with E-state index in [1.807, 2.05) is 20.2 Å². The summed E-state index contributed by atoms with van der Waals surface area (Å²) in [6, 6.07) is 8.54. The minimum absolute atomic E-state index is 0.102. The summed E-state index contributed by atoms with van der Waals surface area (Å²) in [6.45, 7) is 1.81. The zero-order valence-corrected chi connectivity index (χ0v) is 13.5. The van der Waals surface area contributed by atoms with Crippen LogP contribution in [0.15, 0.2) is 35.2 Å². The van der Waals surface area contributed by atoms with Gasteiger partial charge in [-0.1, -0.05) is 18.2 Å². The normalized spacial score (nSPS) is 19.8. The van der Waals surface area contributed by atoms with E-state index in [-0.39, 0.29) is 12.0 Å². The van der Waals surface area contributed by atoms with E-state index in [0.29, 0.717) is 30.8 Å². The van der Waals surface area contributed by atoms with Gasteiger partial charge in [-0.2, -0.15) is 4.31 Å². The third-order valence-corrected chi connectivity index (χ3v) is 6.06. The molecule has 0 unspecified atom stereocenters. The first-order valence-electron chi connectivity index (χ1n) is 7.20. The molecule has 0 aliphatic carbocycles. The maximum Gasteiger partial charge on any atom is 0.243 e. The van der Waals surface area contributed by atoms with Gasteiger partial charge < -0.3 is 10.0 Å². The lowest BCUT2D eigenvalue weighted by atomic mass is 9.79. The van der Waals surface area contributed by atoms with Crippen molar-refractivity contribution in [3.05, 3.63) is 30.3 Å². The summed E-state index contributed by atoms with van der Waals surface area (Å²) in [6.07, 6.45) is 1.38. The first kappa shape index (κ1) is 16.4. The third kappa shape index (κ3) is 3.63. The number of nitrogens with zero attached hydrogens (tertiary/aromatic N) is 2. The third-order valence-electron chi connectivity index (χ3n) is 4.15. The van der Waals surface area contributed by atoms with E-state index in [4.69, 9.17) is 0 Å². The van der Waals surface area contributed by atoms with E-state index in [1.165, 1.54) is 4.31 Å². The Hall–Kier alpha value is -0.950. The van der Waals surface area contributed by atoms with Gasteiger partial charge in [0.05, 0.1) is 11.5 Å². The summed E-state index contributed by atoms with van der Waals surface area (Å²) >= 11 is 0. The lowest BCUT2D eigenvalue weighted by Crippen LogP contribution is -2.48. The van der Waals surface area contributed by atoms with E-state index in [2.05, 4.69) is 4.90 Å². The van der Waals surface area contributed by atoms with E-state index >= 15 is 0 Å². The molecule has 0 atom stereocenters. The largest absolute Gasteiger partial charge is 0.396 e. The van der Waals surface area contributed by atoms with Gasteiger partial charge in [-0.05, 0) is 39.1 Å². The number of aliphatic hydroxyl groups is 1. The Bertz CT molecular complexity index is 550. The Kier molecular flexibility index (Phi) is 5.03. The highest BCUT2D eigenvalue weighted by atomic mass is 32.2. The number of hydrogen-bond acceptors (Lipinski definition) is 4. The zero-order valence-electron chi connectivity index (χ0n) is 12.7. The minimum atomic E-state index is -3.41. The van der Waals surface area contributed by atoms with Gasteiger partial charge in [-0.15, -0.1) is 0 Å². The van der Waals surface area contributed by atoms with Crippen molar-refractivity contribution in [3.63, 3.8) is 0 Å². The van der Waals surface area contributed by atoms with Crippen molar-refractivity contribution in [2.24, 2.45) is 5.41 Å². The van der Waals surface area contributed by atoms with Crippen LogP contribution < -0.4 is 0 Å². The first-order valence-corrected chi connectivity index (χ1v) is 8.64. The molecular formula is C15H24N2O3S. The molecule has 0 radical (unpaired) electrons. The number of aliphatic hydroxyl groups excluding tert-OH is 1. The van der Waals surface area contributed by atoms with E-state index < -0.39 is 10.0 Å². The van der Waals surface area contributed by atoms with Gasteiger partial charge >= 0.3 is 0 Å². The highest BCUT2D eigenvalue weighted by molar-refractivity contribution is 7.89. The first-order chi connectivity index (χ1) is 9.89. The van der Waals surface area contributed by atoms with Crippen molar-refractivity contribution in [1.29, 1.82) is 0 Å². The fraction of sp³-hybridized carbons (Fsp3) is 0.600. The number of hydrogen-bond donors (Lipinski definition) is 1. The van der Waals surface area contributed by atoms with Crippen molar-refractivity contribution in [2.45, 2.75) is 17.7 Å². The molecule has 0 bridgehead atoms. The maximum absolute atomic E-state index is 12.6. The Balaban J connectivity index is 2.10. The van der Waals surface area contributed by atoms with Gasteiger partial charge in [0.15, 0.2) is 0 Å². The second kappa shape index (κ2) is 6.44. The van der Waals surface area contributed by atoms with Crippen molar-refractivity contribution in [2.75, 3.05) is 40.3 Å². The number of piperidine rings is 1. The second-order valence-electron chi connectivity index (χ2n) is 6.11. The standard InChI is InChI=1S/C15H24N2O3S/c1-16(2)12-15(13-18)8-10-17(11-9-15)21(19,20)14-6-4-3-5-7-14/h3-7,18H,8-13H2,1-2H3. The Labute approximate surface area is 127 Å². The van der Waals surface area contributed by atoms with Crippen molar-refractivity contribution in [1.82, 2.24) is 9.21 Å². The summed E-state index contributed by atoms with van der Waals surface area (Å²) in [5.74, 6) is 0. The van der Waals surface area contributed by atoms with E-state index in [1.54, 1.807) is 24.3 Å². The smallest absolute Gasteiger partial charge is 0.243 e. The summed E-state index contributed by atoms with van der Waals surface area (Å²) in [7, 11) is 0.543. The predicted octanol–water partition coefficient (Wildman–Crippen LogP) is 1.01. The zero-order chi connectivity index (χ0) is 15.5. The Morgan fingerprint density at radius 3 is 2.24 bits per heavy atom. The second-order valence-corrected chi connectivity index (χ2v) is 8.05. The van der Waals surface area contributed by atoms with Crippen molar-refractivity contribution < 1.29 is 13.5 Å². The highest BCUT2D eigenvalue weighted by Gasteiger charge is 2.38. The summed E-state index contributed by atoms with van der Waals surface area (Å²) in [5, 5.41) is 9.70. The number of sulfonamides is 1. The summed E-state index contributed by atoms with van der Waals surface area (Å²) in [5.41, 5.74) is -0.188. The van der Waals surface area contributed by atoms with Crippen molar-refractivity contribution in [3.8, 4) is 0 Å². The molecule has 1 fully saturated rings. The molecule has 118 valence electrons. The Morgan fingerprint density at radius 2 is 1.76 bits per heavy atom. The van der Waals surface area contributed by atoms with Gasteiger partial charge in [0.2, 0.25) is 10.0 Å². The van der Waals surface area contributed by atoms with Gasteiger partial charge in [-0.25, -0.2) is 8.42 Å². The lowest BCUT2D eigenvalue weighted by Gasteiger charge is -2.41. The van der Waals surface area contributed by atoms with Crippen molar-refractivity contribution >= 4 is 10.0 Å².